The third kappa shape index (κ3) is 7.61. The Hall–Kier alpha value is -0.390. The van der Waals surface area contributed by atoms with E-state index in [1.54, 1.807) is 13.0 Å². The summed E-state index contributed by atoms with van der Waals surface area (Å²) in [5, 5.41) is 0. The van der Waals surface area contributed by atoms with Gasteiger partial charge in [0.15, 0.2) is 0 Å². The Morgan fingerprint density at radius 2 is 2.11 bits per heavy atom. The molecule has 0 aromatic carbocycles. The third-order valence-electron chi connectivity index (χ3n) is 0.544. The second-order valence-electron chi connectivity index (χ2n) is 1.26. The van der Waals surface area contributed by atoms with Crippen LogP contribution in [-0.4, -0.2) is 15.0 Å². The van der Waals surface area contributed by atoms with E-state index in [1.807, 2.05) is 0 Å². The number of rotatable bonds is 3. The predicted molar refractivity (Wildman–Crippen MR) is 30.4 cm³/mol. The summed E-state index contributed by atoms with van der Waals surface area (Å²) in [4.78, 5) is 0. The normalized spacial score (nSPS) is 12.7. The van der Waals surface area contributed by atoms with Crippen LogP contribution < -0.4 is 0 Å². The number of hydrogen-bond donors (Lipinski definition) is 0. The van der Waals surface area contributed by atoms with Crippen LogP contribution in [0.3, 0.4) is 0 Å². The van der Waals surface area contributed by atoms with Crippen LogP contribution in [0, 0.1) is 0 Å². The standard InChI is InChI=1S/C4H7O4S/c1-2-3-4-8-9(5,6)7/h2-3H,4H2,1H3. The van der Waals surface area contributed by atoms with Crippen molar-refractivity contribution in [1.82, 2.24) is 0 Å². The molecule has 0 aliphatic carbocycles. The molecule has 0 aliphatic rings. The fourth-order valence-corrected chi connectivity index (χ4v) is 0.464. The van der Waals surface area contributed by atoms with Crippen molar-refractivity contribution in [1.29, 1.82) is 0 Å². The third-order valence-corrected chi connectivity index (χ3v) is 0.969. The van der Waals surface area contributed by atoms with Gasteiger partial charge in [0.1, 0.15) is 0 Å². The minimum Gasteiger partial charge on any atom is -0.242 e. The maximum atomic E-state index is 9.69. The fourth-order valence-electron chi connectivity index (χ4n) is 0.219. The first-order valence-electron chi connectivity index (χ1n) is 2.27. The van der Waals surface area contributed by atoms with Crippen molar-refractivity contribution < 1.29 is 17.2 Å². The van der Waals surface area contributed by atoms with Crippen molar-refractivity contribution in [2.24, 2.45) is 0 Å². The summed E-state index contributed by atoms with van der Waals surface area (Å²) >= 11 is 0. The van der Waals surface area contributed by atoms with Gasteiger partial charge in [-0.1, -0.05) is 16.7 Å². The van der Waals surface area contributed by atoms with Gasteiger partial charge in [-0.05, 0) is 6.92 Å². The predicted octanol–water partition coefficient (Wildman–Crippen LogP) is 0.254. The molecule has 0 heterocycles. The van der Waals surface area contributed by atoms with Gasteiger partial charge >= 0.3 is 10.4 Å². The Bertz CT molecular complexity index is 179. The minimum atomic E-state index is -4.50. The average Bonchev–Trinajstić information content (AvgIpc) is 1.63. The van der Waals surface area contributed by atoms with Crippen molar-refractivity contribution in [2.75, 3.05) is 6.61 Å². The second kappa shape index (κ2) is 3.60. The van der Waals surface area contributed by atoms with Crippen LogP contribution in [0.2, 0.25) is 0 Å². The lowest BCUT2D eigenvalue weighted by atomic mass is 10.6. The summed E-state index contributed by atoms with van der Waals surface area (Å²) in [6.07, 6.45) is 3.01. The zero-order valence-corrected chi connectivity index (χ0v) is 5.72. The van der Waals surface area contributed by atoms with Gasteiger partial charge < -0.3 is 0 Å². The van der Waals surface area contributed by atoms with E-state index in [9.17, 15) is 13.0 Å². The van der Waals surface area contributed by atoms with E-state index in [1.165, 1.54) is 6.08 Å². The lowest BCUT2D eigenvalue weighted by Crippen LogP contribution is -2.00. The van der Waals surface area contributed by atoms with Crippen LogP contribution in [-0.2, 0) is 19.1 Å². The molecule has 0 saturated carbocycles. The quantitative estimate of drug-likeness (QED) is 0.543. The zero-order valence-electron chi connectivity index (χ0n) is 4.90. The highest BCUT2D eigenvalue weighted by Crippen LogP contribution is 1.86. The van der Waals surface area contributed by atoms with Crippen LogP contribution >= 0.6 is 0 Å². The van der Waals surface area contributed by atoms with Gasteiger partial charge in [0, 0.05) is 0 Å². The highest BCUT2D eigenvalue weighted by atomic mass is 32.3. The molecule has 0 N–H and O–H groups in total. The molecule has 53 valence electrons. The van der Waals surface area contributed by atoms with Crippen LogP contribution in [0.1, 0.15) is 6.92 Å². The van der Waals surface area contributed by atoms with E-state index in [-0.39, 0.29) is 6.61 Å². The lowest BCUT2D eigenvalue weighted by Gasteiger charge is -1.88. The summed E-state index contributed by atoms with van der Waals surface area (Å²) in [6.45, 7) is 1.52. The molecule has 0 bridgehead atoms. The lowest BCUT2D eigenvalue weighted by molar-refractivity contribution is 0.266. The molecule has 9 heavy (non-hydrogen) atoms. The Kier molecular flexibility index (Phi) is 3.44. The molecule has 0 aromatic rings. The van der Waals surface area contributed by atoms with Gasteiger partial charge in [0.25, 0.3) is 0 Å². The van der Waals surface area contributed by atoms with Crippen molar-refractivity contribution >= 4 is 10.4 Å². The number of allylic oxidation sites excluding steroid dienone is 1. The van der Waals surface area contributed by atoms with Gasteiger partial charge in [0.05, 0.1) is 6.61 Å². The van der Waals surface area contributed by atoms with Gasteiger partial charge in [-0.3, -0.25) is 0 Å². The maximum absolute atomic E-state index is 9.69. The van der Waals surface area contributed by atoms with E-state index in [2.05, 4.69) is 4.18 Å². The first kappa shape index (κ1) is 8.61. The van der Waals surface area contributed by atoms with Gasteiger partial charge in [-0.2, -0.15) is 8.42 Å². The molecule has 0 spiro atoms. The van der Waals surface area contributed by atoms with Crippen LogP contribution in [0.15, 0.2) is 12.2 Å². The number of hydrogen-bond acceptors (Lipinski definition) is 3. The second-order valence-corrected chi connectivity index (χ2v) is 2.31. The van der Waals surface area contributed by atoms with E-state index in [0.717, 1.165) is 0 Å². The summed E-state index contributed by atoms with van der Waals surface area (Å²) in [7, 11) is -4.50. The molecular formula is C4H7O4S. The molecule has 0 aromatic heterocycles. The SMILES string of the molecule is CC=CCOS([O])(=O)=O. The van der Waals surface area contributed by atoms with Gasteiger partial charge in [-0.25, -0.2) is 4.18 Å². The maximum Gasteiger partial charge on any atom is 0.428 e. The van der Waals surface area contributed by atoms with Gasteiger partial charge in [0.2, 0.25) is 0 Å². The molecule has 1 radical (unpaired) electrons. The fraction of sp³-hybridized carbons (Fsp3) is 0.500. The summed E-state index contributed by atoms with van der Waals surface area (Å²) in [6, 6.07) is 0. The summed E-state index contributed by atoms with van der Waals surface area (Å²) in [5.41, 5.74) is 0. The highest BCUT2D eigenvalue weighted by molar-refractivity contribution is 7.80. The van der Waals surface area contributed by atoms with Gasteiger partial charge in [-0.15, -0.1) is 0 Å². The van der Waals surface area contributed by atoms with Crippen molar-refractivity contribution in [3.63, 3.8) is 0 Å². The van der Waals surface area contributed by atoms with E-state index in [0.29, 0.717) is 0 Å². The smallest absolute Gasteiger partial charge is 0.242 e. The van der Waals surface area contributed by atoms with Crippen LogP contribution in [0.5, 0.6) is 0 Å². The molecule has 5 heteroatoms. The average molecular weight is 151 g/mol. The first-order valence-corrected chi connectivity index (χ1v) is 3.61. The molecule has 0 rings (SSSR count). The Balaban J connectivity index is 3.53. The molecule has 0 atom stereocenters. The Morgan fingerprint density at radius 1 is 1.56 bits per heavy atom. The van der Waals surface area contributed by atoms with E-state index >= 15 is 0 Å². The molecule has 4 nitrogen and oxygen atoms in total. The monoisotopic (exact) mass is 151 g/mol. The molecule has 0 unspecified atom stereocenters. The highest BCUT2D eigenvalue weighted by Gasteiger charge is 2.02. The Morgan fingerprint density at radius 3 is 2.44 bits per heavy atom. The molecule has 0 aliphatic heterocycles. The summed E-state index contributed by atoms with van der Waals surface area (Å²) in [5.74, 6) is 0. The van der Waals surface area contributed by atoms with Crippen molar-refractivity contribution in [3.8, 4) is 0 Å². The van der Waals surface area contributed by atoms with E-state index < -0.39 is 10.4 Å². The molecular weight excluding hydrogens is 144 g/mol. The Labute approximate surface area is 54.1 Å². The van der Waals surface area contributed by atoms with Crippen LogP contribution in [0.25, 0.3) is 0 Å². The van der Waals surface area contributed by atoms with Crippen LogP contribution in [0.4, 0.5) is 0 Å². The molecule has 0 amide bonds. The zero-order chi connectivity index (χ0) is 7.33. The minimum absolute atomic E-state index is 0.178. The first-order chi connectivity index (χ1) is 4.06. The largest absolute Gasteiger partial charge is 0.428 e. The molecule has 0 saturated heterocycles. The topological polar surface area (TPSA) is 63.3 Å². The van der Waals surface area contributed by atoms with E-state index in [4.69, 9.17) is 0 Å². The van der Waals surface area contributed by atoms with Crippen molar-refractivity contribution in [2.45, 2.75) is 6.92 Å². The van der Waals surface area contributed by atoms with Crippen molar-refractivity contribution in [3.05, 3.63) is 12.2 Å². The summed E-state index contributed by atoms with van der Waals surface area (Å²) < 4.78 is 32.9. The molecule has 0 fully saturated rings.